The molecule has 0 aliphatic carbocycles. The van der Waals surface area contributed by atoms with Crippen LogP contribution in [0.1, 0.15) is 26.7 Å². The fourth-order valence-corrected chi connectivity index (χ4v) is 4.38. The van der Waals surface area contributed by atoms with E-state index in [1.54, 1.807) is 12.3 Å². The van der Waals surface area contributed by atoms with E-state index >= 15 is 0 Å². The molecule has 1 aliphatic heterocycles. The maximum atomic E-state index is 12.8. The Labute approximate surface area is 129 Å². The molecule has 1 fully saturated rings. The smallest absolute Gasteiger partial charge is 0.249 e. The van der Waals surface area contributed by atoms with E-state index < -0.39 is 10.0 Å². The molecule has 0 spiro atoms. The molecule has 0 aromatic carbocycles. The van der Waals surface area contributed by atoms with E-state index in [2.05, 4.69) is 5.10 Å². The van der Waals surface area contributed by atoms with Gasteiger partial charge in [0, 0.05) is 25.8 Å². The predicted octanol–water partition coefficient (Wildman–Crippen LogP) is 0.937. The Morgan fingerprint density at radius 3 is 2.59 bits per heavy atom. The van der Waals surface area contributed by atoms with Crippen molar-refractivity contribution in [2.24, 2.45) is 5.92 Å². The van der Waals surface area contributed by atoms with Gasteiger partial charge in [-0.2, -0.15) is 4.31 Å². The number of rotatable bonds is 4. The van der Waals surface area contributed by atoms with Crippen LogP contribution in [0, 0.1) is 5.92 Å². The highest BCUT2D eigenvalue weighted by Crippen LogP contribution is 2.23. The van der Waals surface area contributed by atoms with E-state index in [4.69, 9.17) is 0 Å². The second kappa shape index (κ2) is 5.51. The molecule has 3 rings (SSSR count). The summed E-state index contributed by atoms with van der Waals surface area (Å²) in [6.45, 7) is 5.49. The van der Waals surface area contributed by atoms with Gasteiger partial charge in [0.25, 0.3) is 0 Å². The highest BCUT2D eigenvalue weighted by atomic mass is 32.2. The van der Waals surface area contributed by atoms with Gasteiger partial charge in [0.1, 0.15) is 4.90 Å². The minimum absolute atomic E-state index is 0.108. The molecule has 3 heterocycles. The molecule has 2 aromatic heterocycles. The third-order valence-electron chi connectivity index (χ3n) is 3.79. The van der Waals surface area contributed by atoms with Crippen LogP contribution < -0.4 is 5.69 Å². The third kappa shape index (κ3) is 2.46. The van der Waals surface area contributed by atoms with Crippen molar-refractivity contribution in [3.63, 3.8) is 0 Å². The summed E-state index contributed by atoms with van der Waals surface area (Å²) in [7, 11) is -3.60. The predicted molar refractivity (Wildman–Crippen MR) is 82.3 cm³/mol. The molecule has 0 amide bonds. The summed E-state index contributed by atoms with van der Waals surface area (Å²) in [4.78, 5) is 12.4. The lowest BCUT2D eigenvalue weighted by atomic mass is 10.2. The van der Waals surface area contributed by atoms with Crippen molar-refractivity contribution >= 4 is 15.7 Å². The number of hydrogen-bond acceptors (Lipinski definition) is 4. The van der Waals surface area contributed by atoms with Crippen LogP contribution >= 0.6 is 0 Å². The number of pyridine rings is 1. The zero-order valence-electron chi connectivity index (χ0n) is 12.8. The summed E-state index contributed by atoms with van der Waals surface area (Å²) in [6, 6.07) is 3.11. The Balaban J connectivity index is 2.16. The Morgan fingerprint density at radius 2 is 1.95 bits per heavy atom. The van der Waals surface area contributed by atoms with Crippen molar-refractivity contribution in [1.82, 2.24) is 18.5 Å². The van der Waals surface area contributed by atoms with Crippen LogP contribution in [0.5, 0.6) is 0 Å². The van der Waals surface area contributed by atoms with Crippen molar-refractivity contribution in [1.29, 1.82) is 0 Å². The Hall–Kier alpha value is -1.67. The molecule has 7 nitrogen and oxygen atoms in total. The largest absolute Gasteiger partial charge is 0.350 e. The van der Waals surface area contributed by atoms with Crippen molar-refractivity contribution < 1.29 is 8.42 Å². The highest BCUT2D eigenvalue weighted by Gasteiger charge is 2.30. The second-order valence-electron chi connectivity index (χ2n) is 6.04. The molecular weight excluding hydrogens is 304 g/mol. The summed E-state index contributed by atoms with van der Waals surface area (Å²) in [5, 5.41) is 4.25. The molecule has 1 saturated heterocycles. The molecule has 0 atom stereocenters. The Bertz CT molecular complexity index is 845. The molecular formula is C14H20N4O3S. The lowest BCUT2D eigenvalue weighted by Crippen LogP contribution is -2.28. The Morgan fingerprint density at radius 1 is 1.27 bits per heavy atom. The topological polar surface area (TPSA) is 76.7 Å². The average molecular weight is 324 g/mol. The number of hydrogen-bond donors (Lipinski definition) is 0. The summed E-state index contributed by atoms with van der Waals surface area (Å²) in [5.74, 6) is 0.251. The monoisotopic (exact) mass is 324 g/mol. The molecule has 1 aliphatic rings. The van der Waals surface area contributed by atoms with E-state index in [9.17, 15) is 13.2 Å². The molecule has 0 saturated carbocycles. The van der Waals surface area contributed by atoms with Gasteiger partial charge >= 0.3 is 5.69 Å². The van der Waals surface area contributed by atoms with E-state index in [1.807, 2.05) is 13.8 Å². The molecule has 0 radical (unpaired) electrons. The van der Waals surface area contributed by atoms with Gasteiger partial charge in [-0.3, -0.25) is 0 Å². The van der Waals surface area contributed by atoms with Gasteiger partial charge in [-0.1, -0.05) is 13.8 Å². The minimum Gasteiger partial charge on any atom is -0.249 e. The summed E-state index contributed by atoms with van der Waals surface area (Å²) in [5.41, 5.74) is -0.0952. The van der Waals surface area contributed by atoms with Gasteiger partial charge < -0.3 is 0 Å². The van der Waals surface area contributed by atoms with Gasteiger partial charge in [0.05, 0.1) is 0 Å². The first-order valence-electron chi connectivity index (χ1n) is 7.49. The summed E-state index contributed by atoms with van der Waals surface area (Å²) in [6.07, 6.45) is 3.30. The van der Waals surface area contributed by atoms with Crippen LogP contribution in [0.2, 0.25) is 0 Å². The lowest BCUT2D eigenvalue weighted by Gasteiger charge is -2.15. The van der Waals surface area contributed by atoms with Crippen molar-refractivity contribution in [2.45, 2.75) is 38.1 Å². The average Bonchev–Trinajstić information content (AvgIpc) is 3.08. The lowest BCUT2D eigenvalue weighted by molar-refractivity contribution is 0.470. The van der Waals surface area contributed by atoms with Crippen LogP contribution in [0.15, 0.2) is 28.0 Å². The standard InChI is InChI=1S/C14H20N4O3S/c1-11(2)10-18-14(19)17-9-5-6-12(13(17)15-18)22(20,21)16-7-3-4-8-16/h5-6,9,11H,3-4,7-8,10H2,1-2H3. The molecule has 120 valence electrons. The van der Waals surface area contributed by atoms with Crippen LogP contribution in [0.4, 0.5) is 0 Å². The van der Waals surface area contributed by atoms with E-state index in [0.29, 0.717) is 19.6 Å². The van der Waals surface area contributed by atoms with Gasteiger partial charge in [0.15, 0.2) is 5.65 Å². The van der Waals surface area contributed by atoms with Crippen LogP contribution in [0.25, 0.3) is 5.65 Å². The zero-order chi connectivity index (χ0) is 15.9. The SMILES string of the molecule is CC(C)Cn1nc2c(S(=O)(=O)N3CCCC3)cccn2c1=O. The van der Waals surface area contributed by atoms with Crippen molar-refractivity contribution in [2.75, 3.05) is 13.1 Å². The first-order chi connectivity index (χ1) is 10.4. The molecule has 8 heteroatoms. The molecule has 22 heavy (non-hydrogen) atoms. The van der Waals surface area contributed by atoms with E-state index in [-0.39, 0.29) is 22.2 Å². The summed E-state index contributed by atoms with van der Waals surface area (Å²) < 4.78 is 29.6. The number of fused-ring (bicyclic) bond motifs is 1. The van der Waals surface area contributed by atoms with Gasteiger partial charge in [0.2, 0.25) is 10.0 Å². The minimum atomic E-state index is -3.60. The van der Waals surface area contributed by atoms with Crippen LogP contribution in [-0.2, 0) is 16.6 Å². The molecule has 2 aromatic rings. The highest BCUT2D eigenvalue weighted by molar-refractivity contribution is 7.89. The van der Waals surface area contributed by atoms with Gasteiger partial charge in [-0.05, 0) is 30.9 Å². The fourth-order valence-electron chi connectivity index (χ4n) is 2.75. The number of nitrogens with zero attached hydrogens (tertiary/aromatic N) is 4. The molecule has 0 bridgehead atoms. The van der Waals surface area contributed by atoms with Crippen LogP contribution in [0.3, 0.4) is 0 Å². The normalized spacial score (nSPS) is 16.9. The fraction of sp³-hybridized carbons (Fsp3) is 0.571. The first-order valence-corrected chi connectivity index (χ1v) is 8.93. The molecule has 0 unspecified atom stereocenters. The van der Waals surface area contributed by atoms with Crippen LogP contribution in [-0.4, -0.2) is 40.0 Å². The third-order valence-corrected chi connectivity index (χ3v) is 5.71. The zero-order valence-corrected chi connectivity index (χ0v) is 13.6. The number of sulfonamides is 1. The maximum Gasteiger partial charge on any atom is 0.350 e. The van der Waals surface area contributed by atoms with Gasteiger partial charge in [-0.15, -0.1) is 5.10 Å². The Kier molecular flexibility index (Phi) is 3.82. The second-order valence-corrected chi connectivity index (χ2v) is 7.94. The first kappa shape index (κ1) is 15.2. The maximum absolute atomic E-state index is 12.8. The van der Waals surface area contributed by atoms with E-state index in [1.165, 1.54) is 19.5 Å². The summed E-state index contributed by atoms with van der Waals surface area (Å²) >= 11 is 0. The molecule has 0 N–H and O–H groups in total. The quantitative estimate of drug-likeness (QED) is 0.838. The van der Waals surface area contributed by atoms with Crippen molar-refractivity contribution in [3.8, 4) is 0 Å². The number of aromatic nitrogens is 3. The van der Waals surface area contributed by atoms with Crippen molar-refractivity contribution in [3.05, 3.63) is 28.8 Å². The van der Waals surface area contributed by atoms with Gasteiger partial charge in [-0.25, -0.2) is 22.3 Å². The van der Waals surface area contributed by atoms with E-state index in [0.717, 1.165) is 12.8 Å².